The molecule has 5 rings (SSSR count). The van der Waals surface area contributed by atoms with E-state index in [0.717, 1.165) is 38.5 Å². The van der Waals surface area contributed by atoms with E-state index in [1.165, 1.54) is 0 Å². The number of rotatable bonds is 6. The number of carbonyl (C=O) groups excluding carboxylic acids is 1. The van der Waals surface area contributed by atoms with Crippen LogP contribution < -0.4 is 0 Å². The summed E-state index contributed by atoms with van der Waals surface area (Å²) in [6, 6.07) is 0. The van der Waals surface area contributed by atoms with Crippen molar-refractivity contribution in [1.29, 1.82) is 0 Å². The van der Waals surface area contributed by atoms with Crippen LogP contribution in [0.4, 0.5) is 0 Å². The van der Waals surface area contributed by atoms with Gasteiger partial charge in [-0.3, -0.25) is 9.35 Å². The van der Waals surface area contributed by atoms with E-state index < -0.39 is 27.6 Å². The maximum absolute atomic E-state index is 13.1. The van der Waals surface area contributed by atoms with Crippen molar-refractivity contribution in [3.05, 3.63) is 0 Å². The zero-order chi connectivity index (χ0) is 29.2. The van der Waals surface area contributed by atoms with E-state index in [1.807, 2.05) is 0 Å². The predicted molar refractivity (Wildman–Crippen MR) is 153 cm³/mol. The molecule has 8 nitrogen and oxygen atoms in total. The Kier molecular flexibility index (Phi) is 8.50. The van der Waals surface area contributed by atoms with Crippen LogP contribution in [0.25, 0.3) is 0 Å². The fraction of sp³-hybridized carbons (Fsp3) is 0.968. The lowest BCUT2D eigenvalue weighted by atomic mass is 9.41. The summed E-state index contributed by atoms with van der Waals surface area (Å²) in [6.07, 6.45) is 6.87. The molecular formula is C31H53NO7S. The summed E-state index contributed by atoms with van der Waals surface area (Å²) < 4.78 is 32.7. The summed E-state index contributed by atoms with van der Waals surface area (Å²) in [5.74, 6) is 1.49. The molecule has 0 aromatic rings. The quantitative estimate of drug-likeness (QED) is 0.349. The second-order valence-corrected chi connectivity index (χ2v) is 16.5. The molecule has 0 spiro atoms. The van der Waals surface area contributed by atoms with Crippen LogP contribution in [-0.2, 0) is 14.9 Å². The number of carbonyl (C=O) groups is 1. The Hall–Kier alpha value is -0.740. The van der Waals surface area contributed by atoms with Gasteiger partial charge in [0.1, 0.15) is 5.25 Å². The summed E-state index contributed by atoms with van der Waals surface area (Å²) >= 11 is 0. The van der Waals surface area contributed by atoms with Gasteiger partial charge in [-0.15, -0.1) is 0 Å². The van der Waals surface area contributed by atoms with Gasteiger partial charge in [-0.25, -0.2) is 0 Å². The number of hydrogen-bond donors (Lipinski definition) is 4. The lowest BCUT2D eigenvalue weighted by Gasteiger charge is -2.65. The largest absolute Gasteiger partial charge is 0.393 e. The van der Waals surface area contributed by atoms with Crippen molar-refractivity contribution in [2.45, 2.75) is 122 Å². The highest BCUT2D eigenvalue weighted by Gasteiger charge is 2.67. The molecule has 0 aromatic heterocycles. The summed E-state index contributed by atoms with van der Waals surface area (Å²) in [6.45, 7) is 9.56. The highest BCUT2D eigenvalue weighted by molar-refractivity contribution is 7.86. The Labute approximate surface area is 241 Å². The van der Waals surface area contributed by atoms with Crippen molar-refractivity contribution in [2.75, 3.05) is 13.1 Å². The molecule has 1 aliphatic heterocycles. The smallest absolute Gasteiger partial charge is 0.269 e. The Balaban J connectivity index is 1.30. The van der Waals surface area contributed by atoms with Crippen LogP contribution in [0.2, 0.25) is 0 Å². The number of likely N-dealkylation sites (tertiary alicyclic amines) is 1. The third kappa shape index (κ3) is 4.97. The normalized spacial score (nSPS) is 48.1. The maximum Gasteiger partial charge on any atom is 0.269 e. The Morgan fingerprint density at radius 3 is 2.42 bits per heavy atom. The Bertz CT molecular complexity index is 1050. The average Bonchev–Trinajstić information content (AvgIpc) is 3.27. The van der Waals surface area contributed by atoms with Gasteiger partial charge in [0, 0.05) is 19.5 Å². The minimum Gasteiger partial charge on any atom is -0.393 e. The standard InChI is InChI=1S/C31H53NO7S/c1-5-21-24-15-19(33)12-13-30(24,3)25-16-26(34)31(4)22(9-10-23(31)28(25)29(21)36)18(2)8-11-27(35)32-14-6-7-20(17-32)40(37,38)39/h18-26,28-29,33-34,36H,5-17H2,1-4H3,(H,37,38,39)/t18-,19-,20+,21-,22-,23+,24+,25+,26+,28+,29-,30+,31-/m1/s1. The third-order valence-electron chi connectivity index (χ3n) is 13.2. The van der Waals surface area contributed by atoms with Crippen LogP contribution in [0.15, 0.2) is 0 Å². The van der Waals surface area contributed by atoms with Gasteiger partial charge in [0.15, 0.2) is 0 Å². The molecule has 4 N–H and O–H groups in total. The molecule has 13 atom stereocenters. The molecule has 9 heteroatoms. The SMILES string of the molecule is CC[C@H]1[C@@H](O)[C@@H]2[C@H](C[C@H](O)[C@]3(C)[C@@H]([C@H](C)CCC(=O)N4CCC[C@H](S(=O)(=O)O)C4)CC[C@@H]23)[C@@]2(C)CC[C@@H](O)C[C@@H]12. The molecule has 5 aliphatic rings. The van der Waals surface area contributed by atoms with Crippen LogP contribution in [-0.4, -0.2) is 75.7 Å². The minimum absolute atomic E-state index is 0.0244. The number of aliphatic hydroxyl groups is 3. The van der Waals surface area contributed by atoms with Crippen LogP contribution in [0, 0.1) is 52.3 Å². The first-order valence-electron chi connectivity index (χ1n) is 16.0. The van der Waals surface area contributed by atoms with Crippen LogP contribution in [0.5, 0.6) is 0 Å². The van der Waals surface area contributed by atoms with Crippen molar-refractivity contribution in [2.24, 2.45) is 52.3 Å². The zero-order valence-corrected chi connectivity index (χ0v) is 25.7. The number of piperidine rings is 1. The molecular weight excluding hydrogens is 530 g/mol. The highest BCUT2D eigenvalue weighted by atomic mass is 32.2. The second-order valence-electron chi connectivity index (χ2n) is 14.8. The maximum atomic E-state index is 13.1. The van der Waals surface area contributed by atoms with Crippen LogP contribution in [0.1, 0.15) is 98.3 Å². The van der Waals surface area contributed by atoms with E-state index in [2.05, 4.69) is 27.7 Å². The lowest BCUT2D eigenvalue weighted by molar-refractivity contribution is -0.228. The topological polar surface area (TPSA) is 135 Å². The number of aliphatic hydroxyl groups excluding tert-OH is 3. The fourth-order valence-electron chi connectivity index (χ4n) is 11.0. The first-order chi connectivity index (χ1) is 18.7. The van der Waals surface area contributed by atoms with Crippen molar-refractivity contribution >= 4 is 16.0 Å². The highest BCUT2D eigenvalue weighted by Crippen LogP contribution is 2.69. The first kappa shape index (κ1) is 30.7. The summed E-state index contributed by atoms with van der Waals surface area (Å²) in [7, 11) is -4.15. The fourth-order valence-corrected chi connectivity index (χ4v) is 11.8. The molecule has 40 heavy (non-hydrogen) atoms. The molecule has 1 saturated heterocycles. The molecule has 0 bridgehead atoms. The Morgan fingerprint density at radius 1 is 1.02 bits per heavy atom. The predicted octanol–water partition coefficient (Wildman–Crippen LogP) is 3.88. The molecule has 4 saturated carbocycles. The van der Waals surface area contributed by atoms with Gasteiger partial charge >= 0.3 is 0 Å². The van der Waals surface area contributed by atoms with E-state index in [4.69, 9.17) is 0 Å². The van der Waals surface area contributed by atoms with Gasteiger partial charge in [0.25, 0.3) is 10.1 Å². The van der Waals surface area contributed by atoms with Gasteiger partial charge in [-0.1, -0.05) is 34.1 Å². The number of hydrogen-bond acceptors (Lipinski definition) is 6. The molecule has 1 amide bonds. The van der Waals surface area contributed by atoms with Crippen molar-refractivity contribution in [1.82, 2.24) is 4.90 Å². The summed E-state index contributed by atoms with van der Waals surface area (Å²) in [5, 5.41) is 33.4. The van der Waals surface area contributed by atoms with E-state index >= 15 is 0 Å². The molecule has 230 valence electrons. The van der Waals surface area contributed by atoms with E-state index in [0.29, 0.717) is 38.6 Å². The van der Waals surface area contributed by atoms with Gasteiger partial charge in [-0.05, 0) is 110 Å². The first-order valence-corrected chi connectivity index (χ1v) is 17.5. The zero-order valence-electron chi connectivity index (χ0n) is 24.9. The van der Waals surface area contributed by atoms with E-state index in [-0.39, 0.29) is 70.8 Å². The van der Waals surface area contributed by atoms with Crippen LogP contribution >= 0.6 is 0 Å². The van der Waals surface area contributed by atoms with Gasteiger partial charge < -0.3 is 20.2 Å². The third-order valence-corrected chi connectivity index (χ3v) is 14.4. The van der Waals surface area contributed by atoms with Crippen LogP contribution in [0.3, 0.4) is 0 Å². The van der Waals surface area contributed by atoms with Gasteiger partial charge in [0.05, 0.1) is 18.3 Å². The summed E-state index contributed by atoms with van der Waals surface area (Å²) in [4.78, 5) is 14.7. The van der Waals surface area contributed by atoms with Crippen molar-refractivity contribution in [3.8, 4) is 0 Å². The average molecular weight is 584 g/mol. The molecule has 5 fully saturated rings. The van der Waals surface area contributed by atoms with Crippen molar-refractivity contribution in [3.63, 3.8) is 0 Å². The number of amides is 1. The monoisotopic (exact) mass is 583 g/mol. The molecule has 0 unspecified atom stereocenters. The molecule has 4 aliphatic carbocycles. The Morgan fingerprint density at radius 2 is 1.75 bits per heavy atom. The lowest BCUT2D eigenvalue weighted by Crippen LogP contribution is -2.65. The van der Waals surface area contributed by atoms with E-state index in [9.17, 15) is 33.1 Å². The number of fused-ring (bicyclic) bond motifs is 5. The van der Waals surface area contributed by atoms with Gasteiger partial charge in [0.2, 0.25) is 5.91 Å². The number of nitrogens with zero attached hydrogens (tertiary/aromatic N) is 1. The van der Waals surface area contributed by atoms with Gasteiger partial charge in [-0.2, -0.15) is 8.42 Å². The molecule has 0 radical (unpaired) electrons. The minimum atomic E-state index is -4.15. The second kappa shape index (κ2) is 11.1. The summed E-state index contributed by atoms with van der Waals surface area (Å²) in [5.41, 5.74) is -0.294. The molecule has 0 aromatic carbocycles. The van der Waals surface area contributed by atoms with E-state index in [1.54, 1.807) is 4.90 Å². The van der Waals surface area contributed by atoms with Crippen molar-refractivity contribution < 1.29 is 33.1 Å². The molecule has 1 heterocycles.